The van der Waals surface area contributed by atoms with Gasteiger partial charge < -0.3 is 9.64 Å². The minimum Gasteiger partial charge on any atom is -0.478 e. The first kappa shape index (κ1) is 25.8. The molecule has 2 aromatic carbocycles. The van der Waals surface area contributed by atoms with E-state index in [4.69, 9.17) is 4.74 Å². The largest absolute Gasteiger partial charge is 0.478 e. The summed E-state index contributed by atoms with van der Waals surface area (Å²) < 4.78 is 5.98. The number of benzene rings is 2. The van der Waals surface area contributed by atoms with Gasteiger partial charge in [-0.3, -0.25) is 14.5 Å². The molecule has 3 aromatic rings. The molecule has 39 heavy (non-hydrogen) atoms. The highest BCUT2D eigenvalue weighted by molar-refractivity contribution is 6.16. The Morgan fingerprint density at radius 3 is 2.54 bits per heavy atom. The topological polar surface area (TPSA) is 66.0 Å². The Labute approximate surface area is 230 Å². The van der Waals surface area contributed by atoms with Gasteiger partial charge in [0.1, 0.15) is 5.82 Å². The molecular formula is C32H38N4O3. The lowest BCUT2D eigenvalue weighted by Gasteiger charge is -2.36. The number of pyridine rings is 1. The molecule has 1 aromatic heterocycles. The monoisotopic (exact) mass is 526 g/mol. The zero-order valence-corrected chi connectivity index (χ0v) is 22.7. The molecule has 2 amide bonds. The van der Waals surface area contributed by atoms with Crippen molar-refractivity contribution in [3.05, 3.63) is 60.2 Å². The Balaban J connectivity index is 0.971. The third-order valence-electron chi connectivity index (χ3n) is 8.52. The molecule has 0 atom stereocenters. The van der Waals surface area contributed by atoms with Crippen molar-refractivity contribution < 1.29 is 14.3 Å². The fraction of sp³-hybridized carbons (Fsp3) is 0.469. The molecule has 6 rings (SSSR count). The molecule has 0 radical (unpaired) electrons. The Morgan fingerprint density at radius 2 is 1.69 bits per heavy atom. The van der Waals surface area contributed by atoms with E-state index in [-0.39, 0.29) is 17.7 Å². The Kier molecular flexibility index (Phi) is 7.77. The standard InChI is InChI=1S/C32H38N4O3/c37-30-17-15-25-14-16-29(33-31(25)36(30)32(38)26-9-1-2-10-26)39-23-6-5-18-34-19-21-35(22-20-34)28-13-7-11-24-8-3-4-12-27(24)28/h3-4,7-8,11-14,16,26H,1-2,5-6,9-10,15,17-23H2. The van der Waals surface area contributed by atoms with Crippen LogP contribution in [0.2, 0.25) is 0 Å². The van der Waals surface area contributed by atoms with Crippen LogP contribution in [0.3, 0.4) is 0 Å². The van der Waals surface area contributed by atoms with E-state index in [1.165, 1.54) is 21.4 Å². The molecule has 7 heteroatoms. The van der Waals surface area contributed by atoms with E-state index in [2.05, 4.69) is 57.2 Å². The molecule has 204 valence electrons. The average molecular weight is 527 g/mol. The van der Waals surface area contributed by atoms with Crippen LogP contribution in [-0.4, -0.2) is 61.0 Å². The summed E-state index contributed by atoms with van der Waals surface area (Å²) in [6.45, 7) is 5.84. The molecule has 2 fully saturated rings. The molecule has 1 saturated heterocycles. The van der Waals surface area contributed by atoms with Gasteiger partial charge >= 0.3 is 0 Å². The van der Waals surface area contributed by atoms with Crippen LogP contribution in [-0.2, 0) is 16.0 Å². The number of carbonyl (C=O) groups is 2. The van der Waals surface area contributed by atoms with Gasteiger partial charge in [-0.1, -0.05) is 49.2 Å². The van der Waals surface area contributed by atoms with Crippen molar-refractivity contribution in [1.29, 1.82) is 0 Å². The van der Waals surface area contributed by atoms with Crippen LogP contribution in [0, 0.1) is 5.92 Å². The first-order chi connectivity index (χ1) is 19.2. The van der Waals surface area contributed by atoms with Gasteiger partial charge in [-0.2, -0.15) is 4.98 Å². The van der Waals surface area contributed by atoms with Crippen molar-refractivity contribution in [2.45, 2.75) is 51.4 Å². The van der Waals surface area contributed by atoms with Crippen LogP contribution in [0.4, 0.5) is 11.5 Å². The van der Waals surface area contributed by atoms with Crippen molar-refractivity contribution in [3.63, 3.8) is 0 Å². The van der Waals surface area contributed by atoms with E-state index in [1.807, 2.05) is 12.1 Å². The van der Waals surface area contributed by atoms with Gasteiger partial charge in [0, 0.05) is 55.7 Å². The van der Waals surface area contributed by atoms with E-state index in [0.29, 0.717) is 31.1 Å². The molecular weight excluding hydrogens is 488 g/mol. The van der Waals surface area contributed by atoms with Gasteiger partial charge in [-0.15, -0.1) is 0 Å². The van der Waals surface area contributed by atoms with Crippen molar-refractivity contribution in [2.75, 3.05) is 49.1 Å². The summed E-state index contributed by atoms with van der Waals surface area (Å²) in [5.41, 5.74) is 2.29. The molecule has 0 bridgehead atoms. The zero-order valence-electron chi connectivity index (χ0n) is 22.7. The lowest BCUT2D eigenvalue weighted by Crippen LogP contribution is -2.46. The quantitative estimate of drug-likeness (QED) is 0.297. The number of unbranched alkanes of at least 4 members (excludes halogenated alkanes) is 1. The van der Waals surface area contributed by atoms with E-state index >= 15 is 0 Å². The molecule has 1 aliphatic carbocycles. The van der Waals surface area contributed by atoms with Crippen molar-refractivity contribution >= 4 is 34.1 Å². The van der Waals surface area contributed by atoms with Gasteiger partial charge in [-0.25, -0.2) is 4.90 Å². The first-order valence-electron chi connectivity index (χ1n) is 14.6. The van der Waals surface area contributed by atoms with E-state index < -0.39 is 0 Å². The van der Waals surface area contributed by atoms with Crippen LogP contribution in [0.15, 0.2) is 54.6 Å². The van der Waals surface area contributed by atoms with E-state index in [9.17, 15) is 9.59 Å². The summed E-state index contributed by atoms with van der Waals surface area (Å²) in [4.78, 5) is 36.8. The number of piperazine rings is 1. The number of aromatic nitrogens is 1. The van der Waals surface area contributed by atoms with Crippen molar-refractivity contribution in [3.8, 4) is 5.88 Å². The Hall–Kier alpha value is -3.45. The second kappa shape index (κ2) is 11.7. The van der Waals surface area contributed by atoms with Gasteiger partial charge in [0.2, 0.25) is 17.7 Å². The minimum atomic E-state index is -0.135. The van der Waals surface area contributed by atoms with E-state index in [0.717, 1.165) is 76.8 Å². The van der Waals surface area contributed by atoms with Crippen LogP contribution < -0.4 is 14.5 Å². The van der Waals surface area contributed by atoms with Gasteiger partial charge in [0.15, 0.2) is 0 Å². The highest BCUT2D eigenvalue weighted by Gasteiger charge is 2.36. The predicted octanol–water partition coefficient (Wildman–Crippen LogP) is 5.21. The number of ether oxygens (including phenoxy) is 1. The normalized spacial score (nSPS) is 18.5. The molecule has 0 unspecified atom stereocenters. The number of aryl methyl sites for hydroxylation is 1. The molecule has 3 aliphatic rings. The second-order valence-electron chi connectivity index (χ2n) is 11.1. The summed E-state index contributed by atoms with van der Waals surface area (Å²) in [5.74, 6) is 0.717. The molecule has 0 N–H and O–H groups in total. The maximum Gasteiger partial charge on any atom is 0.238 e. The summed E-state index contributed by atoms with van der Waals surface area (Å²) in [6.07, 6.45) is 6.84. The van der Waals surface area contributed by atoms with Crippen LogP contribution >= 0.6 is 0 Å². The Bertz CT molecular complexity index is 1320. The Morgan fingerprint density at radius 1 is 0.897 bits per heavy atom. The first-order valence-corrected chi connectivity index (χ1v) is 14.6. The summed E-state index contributed by atoms with van der Waals surface area (Å²) in [7, 11) is 0. The fourth-order valence-electron chi connectivity index (χ4n) is 6.29. The third-order valence-corrected chi connectivity index (χ3v) is 8.52. The number of carbonyl (C=O) groups excluding carboxylic acids is 2. The molecule has 1 saturated carbocycles. The van der Waals surface area contributed by atoms with E-state index in [1.54, 1.807) is 0 Å². The van der Waals surface area contributed by atoms with Gasteiger partial charge in [0.25, 0.3) is 0 Å². The average Bonchev–Trinajstić information content (AvgIpc) is 3.52. The lowest BCUT2D eigenvalue weighted by molar-refractivity contribution is -0.129. The minimum absolute atomic E-state index is 0.0554. The summed E-state index contributed by atoms with van der Waals surface area (Å²) in [6, 6.07) is 19.0. The lowest BCUT2D eigenvalue weighted by atomic mass is 10.0. The highest BCUT2D eigenvalue weighted by Crippen LogP contribution is 2.33. The summed E-state index contributed by atoms with van der Waals surface area (Å²) in [5, 5.41) is 2.63. The number of hydrogen-bond donors (Lipinski definition) is 0. The maximum absolute atomic E-state index is 13.1. The third kappa shape index (κ3) is 5.64. The SMILES string of the molecule is O=C1CCc2ccc(OCCCCN3CCN(c4cccc5ccccc45)CC3)nc2N1C(=O)C1CCCC1. The number of hydrogen-bond acceptors (Lipinski definition) is 6. The highest BCUT2D eigenvalue weighted by atomic mass is 16.5. The number of imide groups is 1. The number of amides is 2. The number of rotatable bonds is 8. The van der Waals surface area contributed by atoms with Crippen LogP contribution in [0.5, 0.6) is 5.88 Å². The van der Waals surface area contributed by atoms with Crippen molar-refractivity contribution in [1.82, 2.24) is 9.88 Å². The predicted molar refractivity (Wildman–Crippen MR) is 154 cm³/mol. The molecule has 3 heterocycles. The number of anilines is 2. The number of nitrogens with zero attached hydrogens (tertiary/aromatic N) is 4. The summed E-state index contributed by atoms with van der Waals surface area (Å²) >= 11 is 0. The zero-order chi connectivity index (χ0) is 26.6. The van der Waals surface area contributed by atoms with Gasteiger partial charge in [0.05, 0.1) is 6.61 Å². The van der Waals surface area contributed by atoms with Crippen LogP contribution in [0.1, 0.15) is 50.5 Å². The van der Waals surface area contributed by atoms with Crippen molar-refractivity contribution in [2.24, 2.45) is 5.92 Å². The molecule has 0 spiro atoms. The second-order valence-corrected chi connectivity index (χ2v) is 11.1. The maximum atomic E-state index is 13.1. The van der Waals surface area contributed by atoms with Crippen LogP contribution in [0.25, 0.3) is 10.8 Å². The smallest absolute Gasteiger partial charge is 0.238 e. The fourth-order valence-corrected chi connectivity index (χ4v) is 6.29. The molecule has 2 aliphatic heterocycles. The number of fused-ring (bicyclic) bond motifs is 2. The van der Waals surface area contributed by atoms with Gasteiger partial charge in [-0.05, 0) is 61.7 Å². The molecule has 7 nitrogen and oxygen atoms in total.